The number of hydrogen-bond acceptors (Lipinski definition) is 2. The lowest BCUT2D eigenvalue weighted by Crippen LogP contribution is -2.48. The number of nitrogens with one attached hydrogen (secondary N) is 2. The normalized spacial score (nSPS) is 16.5. The monoisotopic (exact) mass is 249 g/mol. The number of rotatable bonds is 3. The van der Waals surface area contributed by atoms with Crippen molar-refractivity contribution in [3.8, 4) is 0 Å². The van der Waals surface area contributed by atoms with E-state index in [2.05, 4.69) is 27.9 Å². The molecule has 0 atom stereocenters. The van der Waals surface area contributed by atoms with Crippen molar-refractivity contribution in [3.63, 3.8) is 0 Å². The van der Waals surface area contributed by atoms with Gasteiger partial charge in [-0.15, -0.1) is 0 Å². The van der Waals surface area contributed by atoms with Gasteiger partial charge in [-0.2, -0.15) is 0 Å². The SMILES string of the molecule is S=C(NCc1ccccc1)NN1CCCCC1. The molecule has 1 fully saturated rings. The Morgan fingerprint density at radius 3 is 2.53 bits per heavy atom. The molecule has 3 nitrogen and oxygen atoms in total. The van der Waals surface area contributed by atoms with Crippen LogP contribution >= 0.6 is 12.2 Å². The van der Waals surface area contributed by atoms with Crippen LogP contribution in [0.25, 0.3) is 0 Å². The fourth-order valence-electron chi connectivity index (χ4n) is 1.97. The number of hydrogen-bond donors (Lipinski definition) is 2. The highest BCUT2D eigenvalue weighted by atomic mass is 32.1. The Kier molecular flexibility index (Phi) is 4.76. The average Bonchev–Trinajstić information content (AvgIpc) is 2.39. The van der Waals surface area contributed by atoms with Gasteiger partial charge in [0.2, 0.25) is 0 Å². The molecule has 0 spiro atoms. The highest BCUT2D eigenvalue weighted by molar-refractivity contribution is 7.80. The van der Waals surface area contributed by atoms with Crippen molar-refractivity contribution in [2.45, 2.75) is 25.8 Å². The molecule has 1 heterocycles. The van der Waals surface area contributed by atoms with Crippen LogP contribution in [-0.2, 0) is 6.54 Å². The maximum Gasteiger partial charge on any atom is 0.181 e. The van der Waals surface area contributed by atoms with E-state index in [1.807, 2.05) is 18.2 Å². The van der Waals surface area contributed by atoms with Crippen LogP contribution in [0.1, 0.15) is 24.8 Å². The molecule has 0 aliphatic carbocycles. The van der Waals surface area contributed by atoms with Gasteiger partial charge in [0.25, 0.3) is 0 Å². The Balaban J connectivity index is 1.70. The van der Waals surface area contributed by atoms with Crippen LogP contribution in [0.5, 0.6) is 0 Å². The van der Waals surface area contributed by atoms with E-state index in [0.29, 0.717) is 0 Å². The first kappa shape index (κ1) is 12.3. The molecule has 1 aliphatic rings. The Hall–Kier alpha value is -1.13. The maximum absolute atomic E-state index is 5.27. The first-order valence-corrected chi connectivity index (χ1v) is 6.59. The van der Waals surface area contributed by atoms with Crippen molar-refractivity contribution in [2.24, 2.45) is 0 Å². The van der Waals surface area contributed by atoms with Gasteiger partial charge in [0.1, 0.15) is 0 Å². The second-order valence-electron chi connectivity index (χ2n) is 4.33. The third-order valence-electron chi connectivity index (χ3n) is 2.91. The van der Waals surface area contributed by atoms with E-state index in [4.69, 9.17) is 12.2 Å². The summed E-state index contributed by atoms with van der Waals surface area (Å²) in [6, 6.07) is 10.3. The van der Waals surface area contributed by atoms with Crippen LogP contribution in [-0.4, -0.2) is 23.2 Å². The second-order valence-corrected chi connectivity index (χ2v) is 4.74. The van der Waals surface area contributed by atoms with E-state index in [1.54, 1.807) is 0 Å². The molecule has 0 unspecified atom stereocenters. The zero-order valence-electron chi connectivity index (χ0n) is 9.98. The van der Waals surface area contributed by atoms with Crippen LogP contribution in [0.3, 0.4) is 0 Å². The van der Waals surface area contributed by atoms with Gasteiger partial charge in [0.05, 0.1) is 0 Å². The zero-order chi connectivity index (χ0) is 11.9. The van der Waals surface area contributed by atoms with Crippen molar-refractivity contribution >= 4 is 17.3 Å². The first-order chi connectivity index (χ1) is 8.34. The van der Waals surface area contributed by atoms with E-state index in [-0.39, 0.29) is 0 Å². The molecule has 2 N–H and O–H groups in total. The number of thiocarbonyl (C=S) groups is 1. The second kappa shape index (κ2) is 6.57. The van der Waals surface area contributed by atoms with Crippen LogP contribution in [0.15, 0.2) is 30.3 Å². The lowest BCUT2D eigenvalue weighted by molar-refractivity contribution is 0.193. The minimum Gasteiger partial charge on any atom is -0.358 e. The Bertz CT molecular complexity index is 347. The van der Waals surface area contributed by atoms with Crippen molar-refractivity contribution in [1.29, 1.82) is 0 Å². The van der Waals surface area contributed by atoms with Gasteiger partial charge in [0, 0.05) is 19.6 Å². The highest BCUT2D eigenvalue weighted by Gasteiger charge is 2.10. The predicted molar refractivity (Wildman–Crippen MR) is 74.4 cm³/mol. The number of benzene rings is 1. The topological polar surface area (TPSA) is 27.3 Å². The molecule has 1 aromatic rings. The van der Waals surface area contributed by atoms with Crippen LogP contribution < -0.4 is 10.7 Å². The molecule has 4 heteroatoms. The quantitative estimate of drug-likeness (QED) is 0.802. The lowest BCUT2D eigenvalue weighted by atomic mass is 10.2. The standard InChI is InChI=1S/C13H19N3S/c17-13(15-16-9-5-2-6-10-16)14-11-12-7-3-1-4-8-12/h1,3-4,7-8H,2,5-6,9-11H2,(H2,14,15,17). The van der Waals surface area contributed by atoms with Gasteiger partial charge < -0.3 is 5.32 Å². The summed E-state index contributed by atoms with van der Waals surface area (Å²) >= 11 is 5.27. The lowest BCUT2D eigenvalue weighted by Gasteiger charge is -2.28. The van der Waals surface area contributed by atoms with Crippen molar-refractivity contribution < 1.29 is 0 Å². The van der Waals surface area contributed by atoms with Crippen LogP contribution in [0, 0.1) is 0 Å². The molecule has 1 aliphatic heterocycles. The fourth-order valence-corrected chi connectivity index (χ4v) is 2.17. The summed E-state index contributed by atoms with van der Waals surface area (Å²) in [5.74, 6) is 0. The molecule has 0 radical (unpaired) electrons. The zero-order valence-corrected chi connectivity index (χ0v) is 10.8. The summed E-state index contributed by atoms with van der Waals surface area (Å²) in [7, 11) is 0. The summed E-state index contributed by atoms with van der Waals surface area (Å²) in [4.78, 5) is 0. The van der Waals surface area contributed by atoms with Gasteiger partial charge in [-0.05, 0) is 30.6 Å². The van der Waals surface area contributed by atoms with E-state index in [0.717, 1.165) is 24.7 Å². The van der Waals surface area contributed by atoms with Gasteiger partial charge in [-0.1, -0.05) is 36.8 Å². The number of hydrazine groups is 1. The van der Waals surface area contributed by atoms with Gasteiger partial charge >= 0.3 is 0 Å². The third-order valence-corrected chi connectivity index (χ3v) is 3.15. The van der Waals surface area contributed by atoms with Crippen LogP contribution in [0.4, 0.5) is 0 Å². The largest absolute Gasteiger partial charge is 0.358 e. The molecular formula is C13H19N3S. The molecule has 0 aromatic heterocycles. The predicted octanol–water partition coefficient (Wildman–Crippen LogP) is 2.05. The van der Waals surface area contributed by atoms with E-state index < -0.39 is 0 Å². The smallest absolute Gasteiger partial charge is 0.181 e. The van der Waals surface area contributed by atoms with Crippen LogP contribution in [0.2, 0.25) is 0 Å². The molecule has 1 saturated heterocycles. The molecule has 1 aromatic carbocycles. The van der Waals surface area contributed by atoms with Crippen molar-refractivity contribution in [3.05, 3.63) is 35.9 Å². The van der Waals surface area contributed by atoms with Gasteiger partial charge in [-0.25, -0.2) is 5.01 Å². The van der Waals surface area contributed by atoms with Crippen molar-refractivity contribution in [1.82, 2.24) is 15.8 Å². The Labute approximate surface area is 108 Å². The third kappa shape index (κ3) is 4.32. The fraction of sp³-hybridized carbons (Fsp3) is 0.462. The molecule has 2 rings (SSSR count). The molecule has 0 amide bonds. The summed E-state index contributed by atoms with van der Waals surface area (Å²) in [6.07, 6.45) is 3.85. The van der Waals surface area contributed by atoms with E-state index in [9.17, 15) is 0 Å². The van der Waals surface area contributed by atoms with E-state index >= 15 is 0 Å². The Morgan fingerprint density at radius 2 is 1.82 bits per heavy atom. The molecule has 92 valence electrons. The summed E-state index contributed by atoms with van der Waals surface area (Å²) in [5.41, 5.74) is 4.49. The first-order valence-electron chi connectivity index (χ1n) is 6.18. The highest BCUT2D eigenvalue weighted by Crippen LogP contribution is 2.05. The average molecular weight is 249 g/mol. The van der Waals surface area contributed by atoms with Crippen molar-refractivity contribution in [2.75, 3.05) is 13.1 Å². The minimum atomic E-state index is 0.718. The summed E-state index contributed by atoms with van der Waals surface area (Å²) < 4.78 is 0. The summed E-state index contributed by atoms with van der Waals surface area (Å²) in [6.45, 7) is 2.96. The number of nitrogens with zero attached hydrogens (tertiary/aromatic N) is 1. The van der Waals surface area contributed by atoms with Gasteiger partial charge in [0.15, 0.2) is 5.11 Å². The molecule has 17 heavy (non-hydrogen) atoms. The van der Waals surface area contributed by atoms with Gasteiger partial charge in [-0.3, -0.25) is 5.43 Å². The molecule has 0 saturated carbocycles. The number of piperidine rings is 1. The molecular weight excluding hydrogens is 230 g/mol. The van der Waals surface area contributed by atoms with E-state index in [1.165, 1.54) is 24.8 Å². The molecule has 0 bridgehead atoms. The summed E-state index contributed by atoms with van der Waals surface area (Å²) in [5, 5.41) is 6.14. The maximum atomic E-state index is 5.27. The minimum absolute atomic E-state index is 0.718. The Morgan fingerprint density at radius 1 is 1.12 bits per heavy atom.